The number of pyridine rings is 1. The minimum atomic E-state index is 0.430. The number of nitrogens with one attached hydrogen (secondary N) is 1. The predicted molar refractivity (Wildman–Crippen MR) is 93.6 cm³/mol. The summed E-state index contributed by atoms with van der Waals surface area (Å²) in [4.78, 5) is 3.15. The lowest BCUT2D eigenvalue weighted by atomic mass is 10.1. The van der Waals surface area contributed by atoms with E-state index in [9.17, 15) is 0 Å². The number of benzene rings is 2. The fraction of sp³-hybridized carbons (Fsp3) is 0. The van der Waals surface area contributed by atoms with Gasteiger partial charge in [-0.25, -0.2) is 0 Å². The van der Waals surface area contributed by atoms with Gasteiger partial charge in [0.05, 0.1) is 11.3 Å². The van der Waals surface area contributed by atoms with Crippen LogP contribution in [0.1, 0.15) is 16.8 Å². The minimum absolute atomic E-state index is 0.430. The van der Waals surface area contributed by atoms with Crippen molar-refractivity contribution in [1.29, 1.82) is 5.26 Å². The maximum atomic E-state index is 9.05. The summed E-state index contributed by atoms with van der Waals surface area (Å²) in [5, 5.41) is 10.7. The van der Waals surface area contributed by atoms with E-state index in [0.717, 1.165) is 22.0 Å². The van der Waals surface area contributed by atoms with Crippen molar-refractivity contribution < 1.29 is 0 Å². The Morgan fingerprint density at radius 2 is 1.86 bits per heavy atom. The van der Waals surface area contributed by atoms with Crippen molar-refractivity contribution in [1.82, 2.24) is 4.98 Å². The van der Waals surface area contributed by atoms with E-state index in [1.165, 1.54) is 0 Å². The second kappa shape index (κ2) is 5.84. The van der Waals surface area contributed by atoms with Gasteiger partial charge in [0.25, 0.3) is 0 Å². The van der Waals surface area contributed by atoms with Gasteiger partial charge in [-0.1, -0.05) is 54.7 Å². The second-order valence-electron chi connectivity index (χ2n) is 4.90. The number of nitrogen functional groups attached to an aromatic ring is 1. The van der Waals surface area contributed by atoms with Gasteiger partial charge in [0.2, 0.25) is 0 Å². The molecule has 0 saturated heterocycles. The number of hydrogen-bond donors (Lipinski definition) is 2. The van der Waals surface area contributed by atoms with E-state index in [-0.39, 0.29) is 0 Å². The SMILES string of the molecule is N#Cc1ccc2cc(/C=C/c3ccccc3)[nH]c(=S)c2c1N. The highest BCUT2D eigenvalue weighted by Gasteiger charge is 2.06. The Balaban J connectivity index is 2.09. The first-order chi connectivity index (χ1) is 10.7. The molecule has 0 aliphatic heterocycles. The van der Waals surface area contributed by atoms with Crippen LogP contribution in [0.4, 0.5) is 5.69 Å². The van der Waals surface area contributed by atoms with E-state index in [2.05, 4.69) is 11.1 Å². The molecule has 1 aromatic heterocycles. The molecular formula is C18H13N3S. The third-order valence-electron chi connectivity index (χ3n) is 3.45. The lowest BCUT2D eigenvalue weighted by Crippen LogP contribution is -1.94. The molecule has 3 rings (SSSR count). The van der Waals surface area contributed by atoms with Crippen molar-refractivity contribution in [3.8, 4) is 6.07 Å². The summed E-state index contributed by atoms with van der Waals surface area (Å²) in [6, 6.07) is 17.7. The van der Waals surface area contributed by atoms with Gasteiger partial charge in [-0.3, -0.25) is 0 Å². The molecule has 0 bridgehead atoms. The zero-order valence-electron chi connectivity index (χ0n) is 11.7. The van der Waals surface area contributed by atoms with Crippen LogP contribution in [0.15, 0.2) is 48.5 Å². The fourth-order valence-electron chi connectivity index (χ4n) is 2.34. The summed E-state index contributed by atoms with van der Waals surface area (Å²) >= 11 is 5.39. The number of fused-ring (bicyclic) bond motifs is 1. The topological polar surface area (TPSA) is 65.6 Å². The maximum absolute atomic E-state index is 9.05. The van der Waals surface area contributed by atoms with Crippen molar-refractivity contribution in [2.24, 2.45) is 0 Å². The maximum Gasteiger partial charge on any atom is 0.113 e. The van der Waals surface area contributed by atoms with Crippen LogP contribution in [0.25, 0.3) is 22.9 Å². The lowest BCUT2D eigenvalue weighted by molar-refractivity contribution is 1.30. The van der Waals surface area contributed by atoms with Crippen LogP contribution >= 0.6 is 12.2 Å². The molecule has 0 aliphatic rings. The van der Waals surface area contributed by atoms with Crippen molar-refractivity contribution in [2.45, 2.75) is 0 Å². The normalized spacial score (nSPS) is 10.9. The Bertz CT molecular complexity index is 963. The molecule has 0 radical (unpaired) electrons. The quantitative estimate of drug-likeness (QED) is 0.540. The van der Waals surface area contributed by atoms with E-state index < -0.39 is 0 Å². The van der Waals surface area contributed by atoms with Crippen LogP contribution in [0.3, 0.4) is 0 Å². The van der Waals surface area contributed by atoms with E-state index in [4.69, 9.17) is 23.2 Å². The molecule has 22 heavy (non-hydrogen) atoms. The van der Waals surface area contributed by atoms with Crippen LogP contribution in [0.2, 0.25) is 0 Å². The average Bonchev–Trinajstić information content (AvgIpc) is 2.54. The molecule has 106 valence electrons. The highest BCUT2D eigenvalue weighted by atomic mass is 32.1. The molecule has 0 saturated carbocycles. The van der Waals surface area contributed by atoms with E-state index >= 15 is 0 Å². The van der Waals surface area contributed by atoms with Crippen LogP contribution in [0, 0.1) is 16.0 Å². The molecule has 0 unspecified atom stereocenters. The first kappa shape index (κ1) is 14.1. The molecule has 0 fully saturated rings. The predicted octanol–water partition coefficient (Wildman–Crippen LogP) is 4.52. The van der Waals surface area contributed by atoms with Crippen LogP contribution in [-0.4, -0.2) is 4.98 Å². The van der Waals surface area contributed by atoms with Crippen LogP contribution < -0.4 is 5.73 Å². The number of aromatic nitrogens is 1. The largest absolute Gasteiger partial charge is 0.397 e. The Hall–Kier alpha value is -2.90. The highest BCUT2D eigenvalue weighted by molar-refractivity contribution is 7.71. The first-order valence-electron chi connectivity index (χ1n) is 6.78. The number of aromatic amines is 1. The van der Waals surface area contributed by atoms with Crippen molar-refractivity contribution in [2.75, 3.05) is 5.73 Å². The Kier molecular flexibility index (Phi) is 3.73. The molecule has 1 heterocycles. The summed E-state index contributed by atoms with van der Waals surface area (Å²) in [5.41, 5.74) is 8.90. The van der Waals surface area contributed by atoms with E-state index in [0.29, 0.717) is 15.9 Å². The second-order valence-corrected chi connectivity index (χ2v) is 5.31. The van der Waals surface area contributed by atoms with Crippen molar-refractivity contribution in [3.63, 3.8) is 0 Å². The van der Waals surface area contributed by atoms with Crippen molar-refractivity contribution in [3.05, 3.63) is 70.0 Å². The monoisotopic (exact) mass is 303 g/mol. The van der Waals surface area contributed by atoms with Crippen LogP contribution in [-0.2, 0) is 0 Å². The average molecular weight is 303 g/mol. The molecule has 3 aromatic rings. The molecule has 3 nitrogen and oxygen atoms in total. The fourth-order valence-corrected chi connectivity index (χ4v) is 2.69. The molecule has 0 atom stereocenters. The third-order valence-corrected chi connectivity index (χ3v) is 3.76. The highest BCUT2D eigenvalue weighted by Crippen LogP contribution is 2.26. The summed E-state index contributed by atoms with van der Waals surface area (Å²) < 4.78 is 0.541. The number of hydrogen-bond acceptors (Lipinski definition) is 3. The molecule has 0 amide bonds. The number of nitrogens with two attached hydrogens (primary N) is 1. The minimum Gasteiger partial charge on any atom is -0.397 e. The zero-order valence-corrected chi connectivity index (χ0v) is 12.5. The van der Waals surface area contributed by atoms with Crippen molar-refractivity contribution >= 4 is 40.8 Å². The summed E-state index contributed by atoms with van der Waals surface area (Å²) in [6.45, 7) is 0. The molecule has 4 heteroatoms. The number of nitrogens with zero attached hydrogens (tertiary/aromatic N) is 1. The molecule has 3 N–H and O–H groups in total. The molecule has 0 spiro atoms. The molecule has 0 aliphatic carbocycles. The van der Waals surface area contributed by atoms with Gasteiger partial charge in [-0.15, -0.1) is 0 Å². The summed E-state index contributed by atoms with van der Waals surface area (Å²) in [5.74, 6) is 0. The van der Waals surface area contributed by atoms with Crippen LogP contribution in [0.5, 0.6) is 0 Å². The van der Waals surface area contributed by atoms with E-state index in [1.54, 1.807) is 6.07 Å². The van der Waals surface area contributed by atoms with Gasteiger partial charge in [-0.05, 0) is 29.2 Å². The van der Waals surface area contributed by atoms with Gasteiger partial charge >= 0.3 is 0 Å². The Morgan fingerprint density at radius 3 is 2.59 bits per heavy atom. The molecule has 2 aromatic carbocycles. The number of anilines is 1. The standard InChI is InChI=1S/C18H13N3S/c19-11-14-8-7-13-10-15(21-18(22)16(13)17(14)20)9-6-12-4-2-1-3-5-12/h1-10H,20H2,(H,21,22)/b9-6+. The number of H-pyrrole nitrogens is 1. The molecular weight excluding hydrogens is 290 g/mol. The smallest absolute Gasteiger partial charge is 0.113 e. The first-order valence-corrected chi connectivity index (χ1v) is 7.18. The van der Waals surface area contributed by atoms with Gasteiger partial charge in [-0.2, -0.15) is 5.26 Å². The number of nitriles is 1. The third kappa shape index (κ3) is 2.62. The van der Waals surface area contributed by atoms with Gasteiger partial charge in [0.15, 0.2) is 0 Å². The Labute approximate surface area is 133 Å². The number of rotatable bonds is 2. The Morgan fingerprint density at radius 1 is 1.09 bits per heavy atom. The zero-order chi connectivity index (χ0) is 15.5. The van der Waals surface area contributed by atoms with E-state index in [1.807, 2.05) is 54.6 Å². The lowest BCUT2D eigenvalue weighted by Gasteiger charge is -2.06. The van der Waals surface area contributed by atoms with Gasteiger partial charge in [0.1, 0.15) is 10.7 Å². The van der Waals surface area contributed by atoms with Gasteiger partial charge in [0, 0.05) is 11.1 Å². The summed E-state index contributed by atoms with van der Waals surface area (Å²) in [7, 11) is 0. The van der Waals surface area contributed by atoms with Gasteiger partial charge < -0.3 is 10.7 Å². The summed E-state index contributed by atoms with van der Waals surface area (Å²) in [6.07, 6.45) is 3.98.